The lowest BCUT2D eigenvalue weighted by atomic mass is 9.75. The van der Waals surface area contributed by atoms with E-state index in [0.717, 1.165) is 52.2 Å². The molecule has 2 aromatic rings. The molecule has 4 nitrogen and oxygen atoms in total. The van der Waals surface area contributed by atoms with Crippen LogP contribution < -0.4 is 9.47 Å². The average molecular weight is 380 g/mol. The zero-order valence-corrected chi connectivity index (χ0v) is 17.1. The van der Waals surface area contributed by atoms with Crippen LogP contribution in [0.4, 0.5) is 0 Å². The monoisotopic (exact) mass is 380 g/mol. The first-order chi connectivity index (χ1) is 13.5. The summed E-state index contributed by atoms with van der Waals surface area (Å²) in [6, 6.07) is 9.92. The van der Waals surface area contributed by atoms with Crippen molar-refractivity contribution < 1.29 is 19.0 Å². The molecule has 1 aliphatic carbocycles. The van der Waals surface area contributed by atoms with E-state index in [-0.39, 0.29) is 12.0 Å². The summed E-state index contributed by atoms with van der Waals surface area (Å²) in [6.45, 7) is 11.2. The summed E-state index contributed by atoms with van der Waals surface area (Å²) in [7, 11) is 1.66. The van der Waals surface area contributed by atoms with Crippen LogP contribution in [0.1, 0.15) is 47.3 Å². The van der Waals surface area contributed by atoms with Crippen molar-refractivity contribution in [2.75, 3.05) is 7.11 Å². The highest BCUT2D eigenvalue weighted by Gasteiger charge is 2.34. The maximum atomic E-state index is 11.2. The molecule has 28 heavy (non-hydrogen) atoms. The zero-order valence-electron chi connectivity index (χ0n) is 17.1. The van der Waals surface area contributed by atoms with Gasteiger partial charge in [-0.15, -0.1) is 0 Å². The molecule has 0 spiro atoms. The average Bonchev–Trinajstić information content (AvgIpc) is 2.69. The van der Waals surface area contributed by atoms with Gasteiger partial charge in [0.25, 0.3) is 6.47 Å². The van der Waals surface area contributed by atoms with E-state index in [9.17, 15) is 4.79 Å². The van der Waals surface area contributed by atoms with E-state index in [1.54, 1.807) is 7.11 Å². The summed E-state index contributed by atoms with van der Waals surface area (Å²) < 4.78 is 17.2. The third-order valence-corrected chi connectivity index (χ3v) is 5.69. The maximum absolute atomic E-state index is 11.2. The molecule has 0 unspecified atom stereocenters. The lowest BCUT2D eigenvalue weighted by Crippen LogP contribution is -2.25. The number of aryl methyl sites for hydroxylation is 1. The standard InChI is InChI=1S/C24H28O4/c1-15(2)19-10-11-20-16(3)12-22(17(4)23(20)24(19)28-14-25)27-13-18-8-6-7-9-21(18)26-5/h6-9,12,14,19,24H,1,10-11,13H2,2-5H3/t19-,24+/m0/s1. The Bertz CT molecular complexity index is 884. The Morgan fingerprint density at radius 2 is 2.00 bits per heavy atom. The number of carbonyl (C=O) groups excluding carboxylic acids is 1. The Labute approximate surface area is 167 Å². The van der Waals surface area contributed by atoms with E-state index in [1.165, 1.54) is 5.56 Å². The number of para-hydroxylation sites is 1. The normalized spacial score (nSPS) is 18.1. The highest BCUT2D eigenvalue weighted by molar-refractivity contribution is 5.53. The second-order valence-electron chi connectivity index (χ2n) is 7.45. The predicted molar refractivity (Wildman–Crippen MR) is 110 cm³/mol. The molecule has 2 atom stereocenters. The van der Waals surface area contributed by atoms with Gasteiger partial charge in [-0.3, -0.25) is 4.79 Å². The van der Waals surface area contributed by atoms with Crippen LogP contribution in [-0.4, -0.2) is 13.6 Å². The van der Waals surface area contributed by atoms with Crippen molar-refractivity contribution in [2.24, 2.45) is 5.92 Å². The summed E-state index contributed by atoms with van der Waals surface area (Å²) in [4.78, 5) is 11.2. The van der Waals surface area contributed by atoms with Gasteiger partial charge in [0.2, 0.25) is 0 Å². The van der Waals surface area contributed by atoms with Gasteiger partial charge >= 0.3 is 0 Å². The second kappa shape index (κ2) is 8.51. The molecule has 1 aliphatic rings. The van der Waals surface area contributed by atoms with Crippen LogP contribution in [-0.2, 0) is 22.6 Å². The summed E-state index contributed by atoms with van der Waals surface area (Å²) in [5, 5.41) is 0. The third kappa shape index (κ3) is 3.77. The predicted octanol–water partition coefficient (Wildman–Crippen LogP) is 5.24. The first-order valence-electron chi connectivity index (χ1n) is 9.60. The maximum Gasteiger partial charge on any atom is 0.293 e. The number of hydrogen-bond acceptors (Lipinski definition) is 4. The summed E-state index contributed by atoms with van der Waals surface area (Å²) >= 11 is 0. The van der Waals surface area contributed by atoms with Crippen LogP contribution in [0.15, 0.2) is 42.5 Å². The fourth-order valence-electron chi connectivity index (χ4n) is 4.19. The fourth-order valence-corrected chi connectivity index (χ4v) is 4.19. The van der Waals surface area contributed by atoms with Gasteiger partial charge in [0.1, 0.15) is 24.2 Å². The van der Waals surface area contributed by atoms with Crippen molar-refractivity contribution in [3.63, 3.8) is 0 Å². The number of methoxy groups -OCH3 is 1. The van der Waals surface area contributed by atoms with Crippen molar-refractivity contribution >= 4 is 6.47 Å². The largest absolute Gasteiger partial charge is 0.496 e. The molecule has 3 rings (SSSR count). The first kappa shape index (κ1) is 20.0. The Morgan fingerprint density at radius 3 is 2.68 bits per heavy atom. The van der Waals surface area contributed by atoms with Gasteiger partial charge in [-0.25, -0.2) is 0 Å². The molecule has 0 amide bonds. The summed E-state index contributed by atoms with van der Waals surface area (Å²) in [6.07, 6.45) is 1.57. The minimum absolute atomic E-state index is 0.125. The Balaban J connectivity index is 1.98. The molecule has 148 valence electrons. The van der Waals surface area contributed by atoms with Gasteiger partial charge < -0.3 is 14.2 Å². The third-order valence-electron chi connectivity index (χ3n) is 5.69. The number of hydrogen-bond donors (Lipinski definition) is 0. The molecule has 0 heterocycles. The van der Waals surface area contributed by atoms with Gasteiger partial charge in [-0.2, -0.15) is 0 Å². The minimum atomic E-state index is -0.313. The van der Waals surface area contributed by atoms with E-state index < -0.39 is 0 Å². The molecule has 0 saturated carbocycles. The SMILES string of the molecule is C=C(C)[C@@H]1CCc2c(C)cc(OCc3ccccc3OC)c(C)c2[C@@H]1OC=O. The molecule has 0 N–H and O–H groups in total. The van der Waals surface area contributed by atoms with E-state index in [4.69, 9.17) is 14.2 Å². The number of carbonyl (C=O) groups is 1. The molecule has 0 fully saturated rings. The molecule has 0 aromatic heterocycles. The number of rotatable bonds is 7. The molecule has 4 heteroatoms. The van der Waals surface area contributed by atoms with E-state index in [0.29, 0.717) is 13.1 Å². The van der Waals surface area contributed by atoms with Gasteiger partial charge in [-0.1, -0.05) is 30.4 Å². The Morgan fingerprint density at radius 1 is 1.25 bits per heavy atom. The second-order valence-corrected chi connectivity index (χ2v) is 7.45. The number of fused-ring (bicyclic) bond motifs is 1. The molecular formula is C24H28O4. The quantitative estimate of drug-likeness (QED) is 0.486. The number of benzene rings is 2. The van der Waals surface area contributed by atoms with Crippen LogP contribution >= 0.6 is 0 Å². The van der Waals surface area contributed by atoms with Crippen LogP contribution in [0.25, 0.3) is 0 Å². The number of ether oxygens (including phenoxy) is 3. The topological polar surface area (TPSA) is 44.8 Å². The van der Waals surface area contributed by atoms with Crippen molar-refractivity contribution in [1.29, 1.82) is 0 Å². The van der Waals surface area contributed by atoms with Crippen LogP contribution in [0.3, 0.4) is 0 Å². The first-order valence-corrected chi connectivity index (χ1v) is 9.60. The van der Waals surface area contributed by atoms with E-state index in [2.05, 4.69) is 19.6 Å². The lowest BCUT2D eigenvalue weighted by molar-refractivity contribution is -0.136. The van der Waals surface area contributed by atoms with Crippen molar-refractivity contribution in [2.45, 2.75) is 46.3 Å². The molecule has 0 bridgehead atoms. The Kier molecular flexibility index (Phi) is 6.08. The van der Waals surface area contributed by atoms with Gasteiger partial charge in [0, 0.05) is 17.0 Å². The van der Waals surface area contributed by atoms with Crippen molar-refractivity contribution in [3.8, 4) is 11.5 Å². The molecular weight excluding hydrogens is 352 g/mol. The highest BCUT2D eigenvalue weighted by atomic mass is 16.5. The van der Waals surface area contributed by atoms with Crippen molar-refractivity contribution in [3.05, 3.63) is 70.3 Å². The molecule has 2 aromatic carbocycles. The summed E-state index contributed by atoms with van der Waals surface area (Å²) in [5.74, 6) is 1.74. The molecule has 0 aliphatic heterocycles. The van der Waals surface area contributed by atoms with Gasteiger partial charge in [0.15, 0.2) is 0 Å². The summed E-state index contributed by atoms with van der Waals surface area (Å²) in [5.41, 5.74) is 6.53. The van der Waals surface area contributed by atoms with Gasteiger partial charge in [0.05, 0.1) is 7.11 Å². The zero-order chi connectivity index (χ0) is 20.3. The molecule has 0 radical (unpaired) electrons. The highest BCUT2D eigenvalue weighted by Crippen LogP contribution is 2.45. The van der Waals surface area contributed by atoms with Crippen LogP contribution in [0.5, 0.6) is 11.5 Å². The van der Waals surface area contributed by atoms with E-state index >= 15 is 0 Å². The van der Waals surface area contributed by atoms with Crippen molar-refractivity contribution in [1.82, 2.24) is 0 Å². The van der Waals surface area contributed by atoms with Crippen LogP contribution in [0.2, 0.25) is 0 Å². The van der Waals surface area contributed by atoms with Gasteiger partial charge in [-0.05, 0) is 62.4 Å². The smallest absolute Gasteiger partial charge is 0.293 e. The molecule has 0 saturated heterocycles. The Hall–Kier alpha value is -2.75. The lowest BCUT2D eigenvalue weighted by Gasteiger charge is -2.35. The van der Waals surface area contributed by atoms with E-state index in [1.807, 2.05) is 38.1 Å². The fraction of sp³-hybridized carbons (Fsp3) is 0.375. The minimum Gasteiger partial charge on any atom is -0.496 e. The van der Waals surface area contributed by atoms with Crippen LogP contribution in [0, 0.1) is 19.8 Å².